The second kappa shape index (κ2) is 10.7. The fourth-order valence-electron chi connectivity index (χ4n) is 3.22. The average molecular weight is 407 g/mol. The quantitative estimate of drug-likeness (QED) is 0.584. The van der Waals surface area contributed by atoms with E-state index < -0.39 is 11.6 Å². The van der Waals surface area contributed by atoms with Gasteiger partial charge in [0.25, 0.3) is 0 Å². The number of rotatable bonds is 4. The first-order valence-electron chi connectivity index (χ1n) is 9.83. The Morgan fingerprint density at radius 2 is 1.77 bits per heavy atom. The van der Waals surface area contributed by atoms with Gasteiger partial charge in [-0.3, -0.25) is 0 Å². The fourth-order valence-corrected chi connectivity index (χ4v) is 3.22. The van der Waals surface area contributed by atoms with Crippen LogP contribution in [-0.2, 0) is 24.6 Å². The van der Waals surface area contributed by atoms with Gasteiger partial charge in [-0.1, -0.05) is 66.7 Å². The van der Waals surface area contributed by atoms with Gasteiger partial charge in [0.2, 0.25) is 5.60 Å². The molecule has 1 aliphatic rings. The molecule has 0 aromatic heterocycles. The van der Waals surface area contributed by atoms with Crippen LogP contribution in [0.3, 0.4) is 0 Å². The molecule has 4 nitrogen and oxygen atoms in total. The molecule has 0 spiro atoms. The minimum Gasteiger partial charge on any atom is -0.464 e. The minimum absolute atomic E-state index is 0.0873. The van der Waals surface area contributed by atoms with Crippen molar-refractivity contribution in [3.8, 4) is 11.1 Å². The summed E-state index contributed by atoms with van der Waals surface area (Å²) in [6.45, 7) is 2.82. The Morgan fingerprint density at radius 3 is 2.33 bits per heavy atom. The monoisotopic (exact) mass is 407 g/mol. The van der Waals surface area contributed by atoms with Crippen LogP contribution in [0.5, 0.6) is 0 Å². The lowest BCUT2D eigenvalue weighted by molar-refractivity contribution is -0.202. The van der Waals surface area contributed by atoms with Crippen LogP contribution in [0.2, 0.25) is 0 Å². The van der Waals surface area contributed by atoms with Gasteiger partial charge in [-0.2, -0.15) is 0 Å². The summed E-state index contributed by atoms with van der Waals surface area (Å²) in [5, 5.41) is 0. The number of esters is 1. The SMILES string of the molecule is CCOC(=O)C1(c2ccccc2-c2ccc(F)cc2)COCCO1.[c]1ccccc1. The van der Waals surface area contributed by atoms with Gasteiger partial charge >= 0.3 is 5.97 Å². The molecule has 1 fully saturated rings. The Morgan fingerprint density at radius 1 is 1.03 bits per heavy atom. The molecule has 155 valence electrons. The van der Waals surface area contributed by atoms with E-state index in [0.717, 1.165) is 11.1 Å². The molecule has 30 heavy (non-hydrogen) atoms. The van der Waals surface area contributed by atoms with Crippen molar-refractivity contribution >= 4 is 5.97 Å². The van der Waals surface area contributed by atoms with Gasteiger partial charge in [-0.15, -0.1) is 0 Å². The molecule has 0 N–H and O–H groups in total. The van der Waals surface area contributed by atoms with Crippen molar-refractivity contribution in [2.45, 2.75) is 12.5 Å². The summed E-state index contributed by atoms with van der Waals surface area (Å²) in [6, 6.07) is 26.0. The lowest BCUT2D eigenvalue weighted by Gasteiger charge is -2.36. The highest BCUT2D eigenvalue weighted by Crippen LogP contribution is 2.37. The van der Waals surface area contributed by atoms with E-state index in [0.29, 0.717) is 18.8 Å². The van der Waals surface area contributed by atoms with Crippen molar-refractivity contribution in [3.63, 3.8) is 0 Å². The Kier molecular flexibility index (Phi) is 7.71. The number of ether oxygens (including phenoxy) is 3. The van der Waals surface area contributed by atoms with Crippen LogP contribution in [-0.4, -0.2) is 32.4 Å². The zero-order valence-corrected chi connectivity index (χ0v) is 16.8. The van der Waals surface area contributed by atoms with E-state index in [4.69, 9.17) is 14.2 Å². The van der Waals surface area contributed by atoms with Gasteiger partial charge < -0.3 is 14.2 Å². The van der Waals surface area contributed by atoms with Gasteiger partial charge in [0.15, 0.2) is 0 Å². The number of hydrogen-bond donors (Lipinski definition) is 0. The average Bonchev–Trinajstić information content (AvgIpc) is 2.82. The van der Waals surface area contributed by atoms with Gasteiger partial charge in [0.1, 0.15) is 5.82 Å². The molecule has 1 heterocycles. The van der Waals surface area contributed by atoms with E-state index in [-0.39, 0.29) is 19.0 Å². The number of carbonyl (C=O) groups is 1. The van der Waals surface area contributed by atoms with Crippen molar-refractivity contribution in [2.24, 2.45) is 0 Å². The van der Waals surface area contributed by atoms with E-state index in [9.17, 15) is 9.18 Å². The molecule has 5 heteroatoms. The van der Waals surface area contributed by atoms with Crippen LogP contribution in [0.4, 0.5) is 4.39 Å². The van der Waals surface area contributed by atoms with E-state index in [1.54, 1.807) is 19.1 Å². The molecule has 1 aliphatic heterocycles. The Hall–Kier alpha value is -3.02. The predicted molar refractivity (Wildman–Crippen MR) is 112 cm³/mol. The first-order valence-corrected chi connectivity index (χ1v) is 9.83. The number of benzene rings is 3. The first kappa shape index (κ1) is 21.7. The van der Waals surface area contributed by atoms with Crippen LogP contribution in [0, 0.1) is 11.9 Å². The summed E-state index contributed by atoms with van der Waals surface area (Å²) in [7, 11) is 0. The zero-order valence-electron chi connectivity index (χ0n) is 16.8. The van der Waals surface area contributed by atoms with Crippen LogP contribution in [0.15, 0.2) is 78.9 Å². The third-order valence-corrected chi connectivity index (χ3v) is 4.61. The van der Waals surface area contributed by atoms with Crippen LogP contribution in [0.25, 0.3) is 11.1 Å². The zero-order chi connectivity index (χ0) is 21.2. The molecule has 1 radical (unpaired) electrons. The van der Waals surface area contributed by atoms with Gasteiger partial charge in [-0.05, 0) is 36.2 Å². The maximum Gasteiger partial charge on any atom is 0.345 e. The van der Waals surface area contributed by atoms with E-state index in [2.05, 4.69) is 6.07 Å². The van der Waals surface area contributed by atoms with Crippen LogP contribution >= 0.6 is 0 Å². The molecular weight excluding hydrogens is 383 g/mol. The maximum atomic E-state index is 13.2. The second-order valence-electron chi connectivity index (χ2n) is 6.58. The first-order chi connectivity index (χ1) is 14.7. The lowest BCUT2D eigenvalue weighted by Crippen LogP contribution is -2.48. The Balaban J connectivity index is 0.000000367. The third-order valence-electron chi connectivity index (χ3n) is 4.61. The largest absolute Gasteiger partial charge is 0.464 e. The van der Waals surface area contributed by atoms with Crippen LogP contribution < -0.4 is 0 Å². The Bertz CT molecular complexity index is 893. The molecule has 0 saturated carbocycles. The smallest absolute Gasteiger partial charge is 0.345 e. The maximum absolute atomic E-state index is 13.2. The predicted octanol–water partition coefficient (Wildman–Crippen LogP) is 4.78. The second-order valence-corrected chi connectivity index (χ2v) is 6.58. The van der Waals surface area contributed by atoms with E-state index in [1.165, 1.54) is 12.1 Å². The summed E-state index contributed by atoms with van der Waals surface area (Å²) in [6.07, 6.45) is 0. The van der Waals surface area contributed by atoms with Crippen molar-refractivity contribution in [2.75, 3.05) is 26.4 Å². The van der Waals surface area contributed by atoms with Crippen LogP contribution in [0.1, 0.15) is 12.5 Å². The molecule has 4 rings (SSSR count). The Labute approximate surface area is 176 Å². The summed E-state index contributed by atoms with van der Waals surface area (Å²) in [4.78, 5) is 12.7. The molecule has 0 aliphatic carbocycles. The standard InChI is InChI=1S/C19H19FO4.C6H5/c1-2-23-18(21)19(13-22-11-12-24-19)17-6-4-3-5-16(17)14-7-9-15(20)10-8-14;1-2-4-6-5-3-1/h3-10H,2,11-13H2,1H3;1-5H. The lowest BCUT2D eigenvalue weighted by atomic mass is 9.86. The highest BCUT2D eigenvalue weighted by Gasteiger charge is 2.46. The summed E-state index contributed by atoms with van der Waals surface area (Å²) >= 11 is 0. The topological polar surface area (TPSA) is 44.8 Å². The van der Waals surface area contributed by atoms with Gasteiger partial charge in [0, 0.05) is 5.56 Å². The van der Waals surface area contributed by atoms with Gasteiger partial charge in [-0.25, -0.2) is 9.18 Å². The number of carbonyl (C=O) groups excluding carboxylic acids is 1. The van der Waals surface area contributed by atoms with E-state index >= 15 is 0 Å². The van der Waals surface area contributed by atoms with E-state index in [1.807, 2.05) is 54.6 Å². The summed E-state index contributed by atoms with van der Waals surface area (Å²) in [5.41, 5.74) is 0.940. The van der Waals surface area contributed by atoms with Gasteiger partial charge in [0.05, 0.1) is 26.4 Å². The molecular formula is C25H24FO4. The van der Waals surface area contributed by atoms with Crippen molar-refractivity contribution in [3.05, 3.63) is 96.3 Å². The molecule has 3 aromatic rings. The number of halogens is 1. The number of hydrogen-bond acceptors (Lipinski definition) is 4. The van der Waals surface area contributed by atoms with Crippen molar-refractivity contribution < 1.29 is 23.4 Å². The molecule has 3 aromatic carbocycles. The molecule has 1 unspecified atom stereocenters. The van der Waals surface area contributed by atoms with Crippen molar-refractivity contribution in [1.82, 2.24) is 0 Å². The highest BCUT2D eigenvalue weighted by molar-refractivity contribution is 5.85. The molecule has 0 amide bonds. The molecule has 1 saturated heterocycles. The third kappa shape index (κ3) is 5.12. The highest BCUT2D eigenvalue weighted by atomic mass is 19.1. The summed E-state index contributed by atoms with van der Waals surface area (Å²) in [5.74, 6) is -0.784. The summed E-state index contributed by atoms with van der Waals surface area (Å²) < 4.78 is 29.9. The van der Waals surface area contributed by atoms with Crippen molar-refractivity contribution in [1.29, 1.82) is 0 Å². The molecule has 0 bridgehead atoms. The molecule has 1 atom stereocenters. The fraction of sp³-hybridized carbons (Fsp3) is 0.240. The normalized spacial score (nSPS) is 18.1. The minimum atomic E-state index is -1.31.